The number of nitrogens with one attached hydrogen (secondary N) is 1. The lowest BCUT2D eigenvalue weighted by molar-refractivity contribution is -0.141. The van der Waals surface area contributed by atoms with Crippen LogP contribution in [0.1, 0.15) is 46.5 Å². The first-order valence-electron chi connectivity index (χ1n) is 7.26. The van der Waals surface area contributed by atoms with E-state index in [1.165, 1.54) is 4.90 Å². The molecule has 0 aromatic heterocycles. The molecule has 19 heavy (non-hydrogen) atoms. The van der Waals surface area contributed by atoms with Crippen molar-refractivity contribution in [2.24, 2.45) is 0 Å². The van der Waals surface area contributed by atoms with Crippen LogP contribution in [0.2, 0.25) is 0 Å². The van der Waals surface area contributed by atoms with E-state index in [0.717, 1.165) is 25.9 Å². The van der Waals surface area contributed by atoms with E-state index in [9.17, 15) is 9.59 Å². The van der Waals surface area contributed by atoms with Crippen molar-refractivity contribution in [2.75, 3.05) is 6.61 Å². The summed E-state index contributed by atoms with van der Waals surface area (Å²) in [5.74, 6) is -0.101. The third-order valence-corrected chi connectivity index (χ3v) is 4.14. The molecule has 2 heterocycles. The van der Waals surface area contributed by atoms with Crippen molar-refractivity contribution >= 4 is 11.8 Å². The molecule has 2 amide bonds. The van der Waals surface area contributed by atoms with E-state index in [4.69, 9.17) is 4.74 Å². The van der Waals surface area contributed by atoms with Crippen molar-refractivity contribution in [3.8, 4) is 0 Å². The zero-order valence-corrected chi connectivity index (χ0v) is 12.0. The molecular weight excluding hydrogens is 244 g/mol. The fraction of sp³-hybridized carbons (Fsp3) is 0.857. The molecule has 2 rings (SSSR count). The van der Waals surface area contributed by atoms with E-state index in [1.807, 2.05) is 20.8 Å². The van der Waals surface area contributed by atoms with Gasteiger partial charge < -0.3 is 10.1 Å². The zero-order valence-electron chi connectivity index (χ0n) is 12.0. The van der Waals surface area contributed by atoms with Crippen LogP contribution >= 0.6 is 0 Å². The summed E-state index contributed by atoms with van der Waals surface area (Å²) in [5.41, 5.74) is 0. The second kappa shape index (κ2) is 6.01. The Morgan fingerprint density at radius 1 is 1.47 bits per heavy atom. The van der Waals surface area contributed by atoms with Gasteiger partial charge in [-0.1, -0.05) is 6.92 Å². The number of carbonyl (C=O) groups excluding carboxylic acids is 2. The van der Waals surface area contributed by atoms with Gasteiger partial charge in [0.05, 0.1) is 18.6 Å². The lowest BCUT2D eigenvalue weighted by atomic mass is 10.0. The Bertz CT molecular complexity index is 359. The lowest BCUT2D eigenvalue weighted by Gasteiger charge is -2.30. The van der Waals surface area contributed by atoms with Gasteiger partial charge in [-0.3, -0.25) is 14.5 Å². The minimum absolute atomic E-state index is 0.000382. The van der Waals surface area contributed by atoms with Crippen molar-refractivity contribution in [1.29, 1.82) is 0 Å². The maximum atomic E-state index is 12.3. The molecule has 0 saturated carbocycles. The second-order valence-electron chi connectivity index (χ2n) is 5.69. The van der Waals surface area contributed by atoms with Gasteiger partial charge in [-0.15, -0.1) is 0 Å². The molecule has 4 unspecified atom stereocenters. The van der Waals surface area contributed by atoms with Gasteiger partial charge in [0.15, 0.2) is 0 Å². The van der Waals surface area contributed by atoms with Gasteiger partial charge >= 0.3 is 0 Å². The number of nitrogens with zero attached hydrogens (tertiary/aromatic N) is 1. The molecule has 2 aliphatic rings. The first kappa shape index (κ1) is 14.5. The summed E-state index contributed by atoms with van der Waals surface area (Å²) in [4.78, 5) is 25.7. The fourth-order valence-corrected chi connectivity index (χ4v) is 2.86. The zero-order chi connectivity index (χ0) is 14.0. The summed E-state index contributed by atoms with van der Waals surface area (Å²) in [6.45, 7) is 6.69. The van der Waals surface area contributed by atoms with Crippen LogP contribution in [-0.2, 0) is 14.3 Å². The fourth-order valence-electron chi connectivity index (χ4n) is 2.86. The van der Waals surface area contributed by atoms with Gasteiger partial charge in [0, 0.05) is 18.7 Å². The van der Waals surface area contributed by atoms with Crippen LogP contribution < -0.4 is 5.32 Å². The first-order chi connectivity index (χ1) is 9.02. The Morgan fingerprint density at radius 3 is 2.84 bits per heavy atom. The molecule has 0 aromatic carbocycles. The maximum Gasteiger partial charge on any atom is 0.247 e. The second-order valence-corrected chi connectivity index (χ2v) is 5.69. The maximum absolute atomic E-state index is 12.3. The van der Waals surface area contributed by atoms with E-state index in [0.29, 0.717) is 6.42 Å². The molecule has 0 radical (unpaired) electrons. The highest BCUT2D eigenvalue weighted by atomic mass is 16.5. The number of hydrogen-bond donors (Lipinski definition) is 1. The van der Waals surface area contributed by atoms with Gasteiger partial charge in [0.1, 0.15) is 0 Å². The minimum atomic E-state index is -0.336. The summed E-state index contributed by atoms with van der Waals surface area (Å²) < 4.78 is 5.49. The van der Waals surface area contributed by atoms with Gasteiger partial charge in [-0.2, -0.15) is 0 Å². The molecule has 2 saturated heterocycles. The topological polar surface area (TPSA) is 58.6 Å². The summed E-state index contributed by atoms with van der Waals surface area (Å²) in [5, 5.41) is 3.35. The van der Waals surface area contributed by atoms with E-state index >= 15 is 0 Å². The summed E-state index contributed by atoms with van der Waals surface area (Å²) in [7, 11) is 0. The van der Waals surface area contributed by atoms with E-state index < -0.39 is 0 Å². The Labute approximate surface area is 114 Å². The van der Waals surface area contributed by atoms with Gasteiger partial charge in [-0.05, 0) is 33.1 Å². The van der Waals surface area contributed by atoms with Crippen molar-refractivity contribution in [2.45, 2.75) is 70.7 Å². The predicted octanol–water partition coefficient (Wildman–Crippen LogP) is 1.07. The van der Waals surface area contributed by atoms with Crippen LogP contribution in [0.15, 0.2) is 0 Å². The van der Waals surface area contributed by atoms with Crippen LogP contribution in [0.5, 0.6) is 0 Å². The molecule has 1 N–H and O–H groups in total. The molecular formula is C14H24N2O3. The molecule has 5 nitrogen and oxygen atoms in total. The van der Waals surface area contributed by atoms with Gasteiger partial charge in [0.25, 0.3) is 0 Å². The van der Waals surface area contributed by atoms with Crippen LogP contribution in [0.25, 0.3) is 0 Å². The third-order valence-electron chi connectivity index (χ3n) is 4.14. The monoisotopic (exact) mass is 268 g/mol. The van der Waals surface area contributed by atoms with Gasteiger partial charge in [0.2, 0.25) is 11.8 Å². The van der Waals surface area contributed by atoms with Crippen LogP contribution in [0, 0.1) is 0 Å². The highest BCUT2D eigenvalue weighted by Crippen LogP contribution is 2.21. The number of ether oxygens (including phenoxy) is 1. The number of amides is 2. The molecule has 108 valence electrons. The summed E-state index contributed by atoms with van der Waals surface area (Å²) >= 11 is 0. The Morgan fingerprint density at radius 2 is 2.21 bits per heavy atom. The molecule has 5 heteroatoms. The Balaban J connectivity index is 1.95. The average molecular weight is 268 g/mol. The Kier molecular flexibility index (Phi) is 4.58. The van der Waals surface area contributed by atoms with Crippen LogP contribution in [0.4, 0.5) is 0 Å². The van der Waals surface area contributed by atoms with E-state index in [1.54, 1.807) is 0 Å². The van der Waals surface area contributed by atoms with Crippen molar-refractivity contribution in [3.05, 3.63) is 0 Å². The number of carbonyl (C=O) groups is 2. The van der Waals surface area contributed by atoms with Crippen molar-refractivity contribution < 1.29 is 14.3 Å². The van der Waals surface area contributed by atoms with E-state index in [-0.39, 0.29) is 36.0 Å². The van der Waals surface area contributed by atoms with Gasteiger partial charge in [-0.25, -0.2) is 0 Å². The normalized spacial score (nSPS) is 33.8. The lowest BCUT2D eigenvalue weighted by Crippen LogP contribution is -2.48. The molecule has 0 aliphatic carbocycles. The molecule has 2 aliphatic heterocycles. The smallest absolute Gasteiger partial charge is 0.247 e. The predicted molar refractivity (Wildman–Crippen MR) is 71.6 cm³/mol. The molecule has 0 spiro atoms. The molecule has 4 atom stereocenters. The number of rotatable bonds is 4. The molecule has 2 fully saturated rings. The molecule has 0 aromatic rings. The SMILES string of the molecule is CCC(C)N1C(=O)CC(NC2CCOC(C)C2)C1=O. The number of hydrogen-bond acceptors (Lipinski definition) is 4. The van der Waals surface area contributed by atoms with Crippen LogP contribution in [-0.4, -0.2) is 47.6 Å². The third kappa shape index (κ3) is 3.15. The number of likely N-dealkylation sites (tertiary alicyclic amines) is 1. The standard InChI is InChI=1S/C14H24N2O3/c1-4-9(2)16-13(17)8-12(14(16)18)15-11-5-6-19-10(3)7-11/h9-12,15H,4-8H2,1-3H3. The largest absolute Gasteiger partial charge is 0.378 e. The Hall–Kier alpha value is -0.940. The number of imide groups is 1. The molecule has 0 bridgehead atoms. The van der Waals surface area contributed by atoms with Crippen molar-refractivity contribution in [3.63, 3.8) is 0 Å². The summed E-state index contributed by atoms with van der Waals surface area (Å²) in [6, 6.07) is -0.0559. The van der Waals surface area contributed by atoms with E-state index in [2.05, 4.69) is 5.32 Å². The average Bonchev–Trinajstić information content (AvgIpc) is 2.64. The van der Waals surface area contributed by atoms with Crippen LogP contribution in [0.3, 0.4) is 0 Å². The summed E-state index contributed by atoms with van der Waals surface area (Å²) in [6.07, 6.45) is 3.14. The quantitative estimate of drug-likeness (QED) is 0.775. The van der Waals surface area contributed by atoms with Crippen molar-refractivity contribution in [1.82, 2.24) is 10.2 Å². The highest BCUT2D eigenvalue weighted by molar-refractivity contribution is 6.05. The minimum Gasteiger partial charge on any atom is -0.378 e. The highest BCUT2D eigenvalue weighted by Gasteiger charge is 2.41. The first-order valence-corrected chi connectivity index (χ1v) is 7.26.